The number of rotatable bonds is 1. The molecule has 108 valence electrons. The van der Waals surface area contributed by atoms with Crippen LogP contribution < -0.4 is 5.32 Å². The minimum atomic E-state index is -0.538. The van der Waals surface area contributed by atoms with Crippen molar-refractivity contribution in [3.8, 4) is 0 Å². The lowest BCUT2D eigenvalue weighted by Crippen LogP contribution is -2.41. The molecule has 4 atom stereocenters. The third-order valence-electron chi connectivity index (χ3n) is 3.11. The van der Waals surface area contributed by atoms with Gasteiger partial charge >= 0.3 is 0 Å². The molecule has 0 aliphatic carbocycles. The monoisotopic (exact) mass is 272 g/mol. The largest absolute Gasteiger partial charge is 0.473 e. The van der Waals surface area contributed by atoms with Crippen molar-refractivity contribution in [3.05, 3.63) is 0 Å². The molecule has 7 nitrogen and oxygen atoms in total. The van der Waals surface area contributed by atoms with Crippen LogP contribution in [0, 0.1) is 0 Å². The molecule has 3 aliphatic heterocycles. The van der Waals surface area contributed by atoms with Gasteiger partial charge in [-0.1, -0.05) is 0 Å². The summed E-state index contributed by atoms with van der Waals surface area (Å²) in [6, 6.07) is 0.0856. The molecule has 0 radical (unpaired) electrons. The Morgan fingerprint density at radius 2 is 2.05 bits per heavy atom. The average molecular weight is 272 g/mol. The Balaban J connectivity index is 0.000000141. The molecule has 2 unspecified atom stereocenters. The number of aliphatic hydroxyl groups excluding tert-OH is 1. The van der Waals surface area contributed by atoms with Gasteiger partial charge in [0.2, 0.25) is 5.91 Å². The smallest absolute Gasteiger partial charge is 0.217 e. The molecular formula is C12H20N2O5. The summed E-state index contributed by atoms with van der Waals surface area (Å²) >= 11 is 0. The number of amides is 1. The van der Waals surface area contributed by atoms with Gasteiger partial charge in [0.05, 0.1) is 38.6 Å². The molecule has 0 bridgehead atoms. The SMILES string of the molecule is CC(=O)NC1COCC1O.CC1=N[C@H]2COC[C@H]2O1. The Labute approximate surface area is 111 Å². The molecule has 2 fully saturated rings. The van der Waals surface area contributed by atoms with Crippen molar-refractivity contribution in [1.29, 1.82) is 0 Å². The topological polar surface area (TPSA) is 89.4 Å². The van der Waals surface area contributed by atoms with E-state index in [1.807, 2.05) is 6.92 Å². The van der Waals surface area contributed by atoms with E-state index in [-0.39, 0.29) is 18.1 Å². The maximum atomic E-state index is 10.5. The van der Waals surface area contributed by atoms with Gasteiger partial charge in [0.15, 0.2) is 5.90 Å². The van der Waals surface area contributed by atoms with Crippen molar-refractivity contribution >= 4 is 11.8 Å². The molecule has 3 aliphatic rings. The normalized spacial score (nSPS) is 35.8. The predicted molar refractivity (Wildman–Crippen MR) is 67.0 cm³/mol. The summed E-state index contributed by atoms with van der Waals surface area (Å²) < 4.78 is 15.3. The van der Waals surface area contributed by atoms with E-state index in [0.29, 0.717) is 25.9 Å². The third-order valence-corrected chi connectivity index (χ3v) is 3.11. The summed E-state index contributed by atoms with van der Waals surface area (Å²) in [4.78, 5) is 14.7. The lowest BCUT2D eigenvalue weighted by Gasteiger charge is -2.11. The van der Waals surface area contributed by atoms with Gasteiger partial charge in [-0.05, 0) is 0 Å². The molecule has 19 heavy (non-hydrogen) atoms. The van der Waals surface area contributed by atoms with E-state index in [1.54, 1.807) is 0 Å². The Hall–Kier alpha value is -1.18. The lowest BCUT2D eigenvalue weighted by molar-refractivity contribution is -0.120. The molecule has 0 aromatic carbocycles. The van der Waals surface area contributed by atoms with Crippen molar-refractivity contribution in [2.75, 3.05) is 26.4 Å². The zero-order valence-electron chi connectivity index (χ0n) is 11.2. The Bertz CT molecular complexity index is 360. The van der Waals surface area contributed by atoms with Crippen LogP contribution in [0.4, 0.5) is 0 Å². The molecule has 0 saturated carbocycles. The van der Waals surface area contributed by atoms with Crippen LogP contribution in [0.25, 0.3) is 0 Å². The maximum Gasteiger partial charge on any atom is 0.217 e. The quantitative estimate of drug-likeness (QED) is 0.644. The van der Waals surface area contributed by atoms with Gasteiger partial charge in [0.25, 0.3) is 0 Å². The number of carbonyl (C=O) groups is 1. The minimum absolute atomic E-state index is 0.130. The second-order valence-electron chi connectivity index (χ2n) is 4.82. The van der Waals surface area contributed by atoms with Crippen LogP contribution >= 0.6 is 0 Å². The van der Waals surface area contributed by atoms with E-state index in [2.05, 4.69) is 10.3 Å². The molecule has 0 aromatic heterocycles. The average Bonchev–Trinajstić information content (AvgIpc) is 2.96. The molecule has 0 spiro atoms. The fourth-order valence-corrected chi connectivity index (χ4v) is 2.18. The van der Waals surface area contributed by atoms with Crippen LogP contribution in [-0.4, -0.2) is 67.6 Å². The van der Waals surface area contributed by atoms with Gasteiger partial charge in [0.1, 0.15) is 12.1 Å². The fourth-order valence-electron chi connectivity index (χ4n) is 2.18. The van der Waals surface area contributed by atoms with Gasteiger partial charge < -0.3 is 24.6 Å². The van der Waals surface area contributed by atoms with E-state index in [1.165, 1.54) is 6.92 Å². The van der Waals surface area contributed by atoms with Gasteiger partial charge in [-0.2, -0.15) is 0 Å². The molecule has 2 N–H and O–H groups in total. The molecule has 7 heteroatoms. The number of carbonyl (C=O) groups excluding carboxylic acids is 1. The van der Waals surface area contributed by atoms with Crippen molar-refractivity contribution in [2.24, 2.45) is 4.99 Å². The second kappa shape index (κ2) is 6.31. The van der Waals surface area contributed by atoms with Gasteiger partial charge in [-0.15, -0.1) is 0 Å². The van der Waals surface area contributed by atoms with Crippen LogP contribution in [0.2, 0.25) is 0 Å². The number of nitrogens with one attached hydrogen (secondary N) is 1. The molecule has 1 amide bonds. The summed E-state index contributed by atoms with van der Waals surface area (Å²) in [7, 11) is 0. The predicted octanol–water partition coefficient (Wildman–Crippen LogP) is -0.915. The van der Waals surface area contributed by atoms with Crippen LogP contribution in [0.15, 0.2) is 4.99 Å². The first-order valence-corrected chi connectivity index (χ1v) is 6.38. The highest BCUT2D eigenvalue weighted by Crippen LogP contribution is 2.19. The van der Waals surface area contributed by atoms with Crippen molar-refractivity contribution in [2.45, 2.75) is 38.1 Å². The Morgan fingerprint density at radius 3 is 2.63 bits per heavy atom. The highest BCUT2D eigenvalue weighted by atomic mass is 16.6. The zero-order chi connectivity index (χ0) is 13.8. The van der Waals surface area contributed by atoms with Gasteiger partial charge in [0, 0.05) is 13.8 Å². The number of aliphatic hydroxyl groups is 1. The molecular weight excluding hydrogens is 252 g/mol. The summed E-state index contributed by atoms with van der Waals surface area (Å²) in [5.74, 6) is 0.683. The van der Waals surface area contributed by atoms with E-state index in [0.717, 1.165) is 12.5 Å². The first kappa shape index (κ1) is 14.2. The minimum Gasteiger partial charge on any atom is -0.473 e. The van der Waals surface area contributed by atoms with Crippen molar-refractivity contribution in [1.82, 2.24) is 5.32 Å². The van der Waals surface area contributed by atoms with E-state index in [9.17, 15) is 4.79 Å². The van der Waals surface area contributed by atoms with E-state index >= 15 is 0 Å². The number of hydrogen-bond acceptors (Lipinski definition) is 6. The Kier molecular flexibility index (Phi) is 4.73. The summed E-state index contributed by atoms with van der Waals surface area (Å²) in [6.45, 7) is 5.50. The van der Waals surface area contributed by atoms with Gasteiger partial charge in [-0.3, -0.25) is 4.79 Å². The van der Waals surface area contributed by atoms with Crippen LogP contribution in [-0.2, 0) is 19.0 Å². The number of fused-ring (bicyclic) bond motifs is 1. The summed E-state index contributed by atoms with van der Waals surface area (Å²) in [5, 5.41) is 11.7. The van der Waals surface area contributed by atoms with Gasteiger partial charge in [-0.25, -0.2) is 4.99 Å². The zero-order valence-corrected chi connectivity index (χ0v) is 11.2. The maximum absolute atomic E-state index is 10.5. The van der Waals surface area contributed by atoms with Crippen LogP contribution in [0.3, 0.4) is 0 Å². The van der Waals surface area contributed by atoms with Crippen molar-refractivity contribution < 1.29 is 24.1 Å². The van der Waals surface area contributed by atoms with E-state index < -0.39 is 6.10 Å². The third kappa shape index (κ3) is 3.89. The number of ether oxygens (including phenoxy) is 3. The highest BCUT2D eigenvalue weighted by Gasteiger charge is 2.34. The molecule has 3 heterocycles. The van der Waals surface area contributed by atoms with E-state index in [4.69, 9.17) is 19.3 Å². The second-order valence-corrected chi connectivity index (χ2v) is 4.82. The number of nitrogens with zero attached hydrogens (tertiary/aromatic N) is 1. The Morgan fingerprint density at radius 1 is 1.32 bits per heavy atom. The standard InChI is InChI=1S/C6H11NO3.C6H9NO2/c1-4(8)7-5-2-10-3-6(5)9;1-4-7-5-2-8-3-6(5)9-4/h5-6,9H,2-3H2,1H3,(H,7,8);5-6H,2-3H2,1H3/t;5-,6+/m.0/s1. The van der Waals surface area contributed by atoms with Crippen LogP contribution in [0.1, 0.15) is 13.8 Å². The summed E-state index contributed by atoms with van der Waals surface area (Å²) in [6.07, 6.45) is -0.311. The molecule has 2 saturated heterocycles. The highest BCUT2D eigenvalue weighted by molar-refractivity contribution is 5.75. The number of aliphatic imine (C=N–C) groups is 1. The van der Waals surface area contributed by atoms with Crippen LogP contribution in [0.5, 0.6) is 0 Å². The lowest BCUT2D eigenvalue weighted by atomic mass is 10.2. The molecule has 0 aromatic rings. The summed E-state index contributed by atoms with van der Waals surface area (Å²) in [5.41, 5.74) is 0. The molecule has 3 rings (SSSR count). The first-order chi connectivity index (χ1) is 9.06. The fraction of sp³-hybridized carbons (Fsp3) is 0.833. The van der Waals surface area contributed by atoms with Crippen molar-refractivity contribution in [3.63, 3.8) is 0 Å². The first-order valence-electron chi connectivity index (χ1n) is 6.38. The number of hydrogen-bond donors (Lipinski definition) is 2.